The lowest BCUT2D eigenvalue weighted by atomic mass is 9.86. The van der Waals surface area contributed by atoms with E-state index in [1.54, 1.807) is 34.3 Å². The number of amides is 1. The van der Waals surface area contributed by atoms with Gasteiger partial charge in [0.1, 0.15) is 17.2 Å². The van der Waals surface area contributed by atoms with E-state index >= 15 is 0 Å². The number of aromatic nitrogens is 2. The van der Waals surface area contributed by atoms with Crippen LogP contribution < -0.4 is 10.1 Å². The summed E-state index contributed by atoms with van der Waals surface area (Å²) < 4.78 is 35.9. The Bertz CT molecular complexity index is 1110. The molecule has 0 spiro atoms. The molecule has 4 heterocycles. The highest BCUT2D eigenvalue weighted by molar-refractivity contribution is 7.89. The van der Waals surface area contributed by atoms with E-state index < -0.39 is 21.7 Å². The Morgan fingerprint density at radius 3 is 2.60 bits per heavy atom. The highest BCUT2D eigenvalue weighted by atomic mass is 32.2. The lowest BCUT2D eigenvalue weighted by Gasteiger charge is -2.42. The number of piperidine rings is 1. The number of nitrogens with zero attached hydrogens (tertiary/aromatic N) is 3. The first-order valence-corrected chi connectivity index (χ1v) is 11.5. The van der Waals surface area contributed by atoms with Crippen LogP contribution >= 0.6 is 0 Å². The van der Waals surface area contributed by atoms with Crippen LogP contribution in [0.25, 0.3) is 0 Å². The van der Waals surface area contributed by atoms with Crippen LogP contribution in [0.15, 0.2) is 35.5 Å². The molecule has 3 atom stereocenters. The van der Waals surface area contributed by atoms with Gasteiger partial charge in [-0.25, -0.2) is 13.4 Å². The number of hydrogen-bond donors (Lipinski definition) is 2. The molecule has 2 aromatic rings. The highest BCUT2D eigenvalue weighted by Gasteiger charge is 2.54. The summed E-state index contributed by atoms with van der Waals surface area (Å²) in [5.74, 6) is 0.709. The van der Waals surface area contributed by atoms with Crippen LogP contribution in [0, 0.1) is 0 Å². The van der Waals surface area contributed by atoms with Crippen molar-refractivity contribution in [1.29, 1.82) is 0 Å². The molecule has 2 saturated heterocycles. The number of carbonyl (C=O) groups excluding carboxylic acids is 1. The molecule has 10 heteroatoms. The van der Waals surface area contributed by atoms with Gasteiger partial charge >= 0.3 is 0 Å². The maximum absolute atomic E-state index is 13.5. The number of aliphatic hydroxyl groups is 1. The van der Waals surface area contributed by atoms with Gasteiger partial charge in [-0.15, -0.1) is 0 Å². The summed E-state index contributed by atoms with van der Waals surface area (Å²) in [7, 11) is -1.97. The first kappa shape index (κ1) is 19.5. The minimum Gasteiger partial charge on any atom is -0.479 e. The molecule has 9 nitrogen and oxygen atoms in total. The third kappa shape index (κ3) is 2.85. The van der Waals surface area contributed by atoms with Crippen molar-refractivity contribution < 1.29 is 23.1 Å². The number of benzene rings is 1. The van der Waals surface area contributed by atoms with E-state index in [2.05, 4.69) is 10.3 Å². The second-order valence-electron chi connectivity index (χ2n) is 8.43. The molecule has 2 N–H and O–H groups in total. The van der Waals surface area contributed by atoms with Crippen LogP contribution in [0.1, 0.15) is 38.4 Å². The molecule has 1 aromatic carbocycles. The molecule has 30 heavy (non-hydrogen) atoms. The predicted molar refractivity (Wildman–Crippen MR) is 107 cm³/mol. The maximum Gasteiger partial charge on any atom is 0.265 e. The first-order valence-electron chi connectivity index (χ1n) is 10.0. The Labute approximate surface area is 174 Å². The van der Waals surface area contributed by atoms with Crippen LogP contribution in [0.5, 0.6) is 5.75 Å². The largest absolute Gasteiger partial charge is 0.479 e. The monoisotopic (exact) mass is 432 g/mol. The number of nitrogens with one attached hydrogen (secondary N) is 1. The van der Waals surface area contributed by atoms with Crippen LogP contribution in [0.4, 0.5) is 5.69 Å². The van der Waals surface area contributed by atoms with Gasteiger partial charge in [0.15, 0.2) is 6.10 Å². The summed E-state index contributed by atoms with van der Waals surface area (Å²) in [6, 6.07) is 3.92. The molecular weight excluding hydrogens is 408 g/mol. The molecule has 1 amide bonds. The Kier molecular flexibility index (Phi) is 4.25. The molecule has 0 radical (unpaired) electrons. The third-order valence-corrected chi connectivity index (χ3v) is 8.40. The Morgan fingerprint density at radius 1 is 1.27 bits per heavy atom. The molecule has 0 aliphatic carbocycles. The Balaban J connectivity index is 1.46. The zero-order valence-electron chi connectivity index (χ0n) is 16.8. The van der Waals surface area contributed by atoms with Gasteiger partial charge in [0.25, 0.3) is 5.91 Å². The van der Waals surface area contributed by atoms with E-state index in [4.69, 9.17) is 4.74 Å². The number of anilines is 1. The number of ether oxygens (including phenoxy) is 1. The van der Waals surface area contributed by atoms with Gasteiger partial charge in [0, 0.05) is 44.4 Å². The number of imidazole rings is 1. The Hall–Kier alpha value is -2.43. The number of sulfonamides is 1. The van der Waals surface area contributed by atoms with E-state index in [9.17, 15) is 18.3 Å². The Morgan fingerprint density at radius 2 is 1.97 bits per heavy atom. The van der Waals surface area contributed by atoms with Crippen LogP contribution in [-0.2, 0) is 27.5 Å². The van der Waals surface area contributed by atoms with E-state index in [-0.39, 0.29) is 22.9 Å². The van der Waals surface area contributed by atoms with Crippen molar-refractivity contribution in [2.45, 2.75) is 61.3 Å². The van der Waals surface area contributed by atoms with Gasteiger partial charge in [-0.1, -0.05) is 0 Å². The highest BCUT2D eigenvalue weighted by Crippen LogP contribution is 2.47. The SMILES string of the molecule is C[C@H]1Oc2ccc(S(=O)(=O)N3[C@H]4CC[C@H]3CC(O)(c3nccn3C)C4)cc2NC1=O. The zero-order valence-corrected chi connectivity index (χ0v) is 17.6. The number of carbonyl (C=O) groups is 1. The lowest BCUT2D eigenvalue weighted by Crippen LogP contribution is -2.52. The number of fused-ring (bicyclic) bond motifs is 3. The quantitative estimate of drug-likeness (QED) is 0.757. The van der Waals surface area contributed by atoms with Gasteiger partial charge in [0.05, 0.1) is 10.6 Å². The van der Waals surface area contributed by atoms with Gasteiger partial charge in [-0.3, -0.25) is 4.79 Å². The summed E-state index contributed by atoms with van der Waals surface area (Å²) >= 11 is 0. The van der Waals surface area contributed by atoms with E-state index in [0.717, 1.165) is 0 Å². The molecule has 3 aliphatic rings. The molecule has 3 aliphatic heterocycles. The predicted octanol–water partition coefficient (Wildman–Crippen LogP) is 1.34. The van der Waals surface area contributed by atoms with Gasteiger partial charge in [-0.2, -0.15) is 4.31 Å². The molecule has 0 unspecified atom stereocenters. The summed E-state index contributed by atoms with van der Waals surface area (Å²) in [5, 5.41) is 14.0. The minimum absolute atomic E-state index is 0.110. The summed E-state index contributed by atoms with van der Waals surface area (Å²) in [5.41, 5.74) is -0.794. The molecule has 5 rings (SSSR count). The normalized spacial score (nSPS) is 31.2. The lowest BCUT2D eigenvalue weighted by molar-refractivity contribution is -0.122. The second kappa shape index (κ2) is 6.53. The van der Waals surface area contributed by atoms with Crippen molar-refractivity contribution in [2.75, 3.05) is 5.32 Å². The molecular formula is C20H24N4O5S. The average molecular weight is 433 g/mol. The number of hydrogen-bond acceptors (Lipinski definition) is 6. The van der Waals surface area contributed by atoms with Gasteiger partial charge < -0.3 is 19.7 Å². The topological polar surface area (TPSA) is 114 Å². The van der Waals surface area contributed by atoms with Crippen LogP contribution in [0.3, 0.4) is 0 Å². The van der Waals surface area contributed by atoms with Crippen molar-refractivity contribution in [1.82, 2.24) is 13.9 Å². The van der Waals surface area contributed by atoms with Gasteiger partial charge in [-0.05, 0) is 38.0 Å². The molecule has 1 aromatic heterocycles. The standard InChI is InChI=1S/C20H24N4O5S/c1-12-18(25)22-16-9-15(5-6-17(16)29-12)30(27,28)24-13-3-4-14(24)11-20(26,10-13)19-21-7-8-23(19)2/h5-9,12-14,26H,3-4,10-11H2,1-2H3,(H,22,25)/t12-,13+,14+/m1/s1. The number of aryl methyl sites for hydroxylation is 1. The fourth-order valence-corrected chi connectivity index (χ4v) is 6.94. The van der Waals surface area contributed by atoms with Crippen molar-refractivity contribution in [3.8, 4) is 5.75 Å². The van der Waals surface area contributed by atoms with E-state index in [1.165, 1.54) is 12.1 Å². The van der Waals surface area contributed by atoms with E-state index in [1.807, 2.05) is 7.05 Å². The van der Waals surface area contributed by atoms with Crippen molar-refractivity contribution in [2.24, 2.45) is 7.05 Å². The van der Waals surface area contributed by atoms with Crippen LogP contribution in [0.2, 0.25) is 0 Å². The molecule has 160 valence electrons. The second-order valence-corrected chi connectivity index (χ2v) is 10.3. The van der Waals surface area contributed by atoms with Gasteiger partial charge in [0.2, 0.25) is 10.0 Å². The number of rotatable bonds is 3. The molecule has 2 fully saturated rings. The van der Waals surface area contributed by atoms with Crippen molar-refractivity contribution >= 4 is 21.6 Å². The summed E-state index contributed by atoms with van der Waals surface area (Å²) in [6.45, 7) is 1.64. The smallest absolute Gasteiger partial charge is 0.265 e. The average Bonchev–Trinajstić information content (AvgIpc) is 3.25. The van der Waals surface area contributed by atoms with Crippen LogP contribution in [-0.4, -0.2) is 51.5 Å². The summed E-state index contributed by atoms with van der Waals surface area (Å²) in [4.78, 5) is 16.3. The molecule has 0 saturated carbocycles. The van der Waals surface area contributed by atoms with E-state index in [0.29, 0.717) is 42.9 Å². The maximum atomic E-state index is 13.5. The van der Waals surface area contributed by atoms with Crippen molar-refractivity contribution in [3.63, 3.8) is 0 Å². The third-order valence-electron chi connectivity index (χ3n) is 6.39. The zero-order chi connectivity index (χ0) is 21.3. The minimum atomic E-state index is -3.80. The van der Waals surface area contributed by atoms with Crippen molar-refractivity contribution in [3.05, 3.63) is 36.4 Å². The first-order chi connectivity index (χ1) is 14.2. The fraction of sp³-hybridized carbons (Fsp3) is 0.500. The molecule has 2 bridgehead atoms. The summed E-state index contributed by atoms with van der Waals surface area (Å²) in [6.07, 6.45) is 4.79. The fourth-order valence-electron chi connectivity index (χ4n) is 5.04.